The van der Waals surface area contributed by atoms with Crippen LogP contribution in [-0.4, -0.2) is 50.3 Å². The third-order valence-corrected chi connectivity index (χ3v) is 7.28. The molecular weight excluding hydrogens is 549 g/mol. The maximum atomic E-state index is 14.0. The number of rotatable bonds is 11. The van der Waals surface area contributed by atoms with Gasteiger partial charge in [-0.1, -0.05) is 29.8 Å². The van der Waals surface area contributed by atoms with Gasteiger partial charge in [0.25, 0.3) is 0 Å². The van der Waals surface area contributed by atoms with Crippen molar-refractivity contribution in [3.05, 3.63) is 88.2 Å². The molecule has 1 N–H and O–H groups in total. The number of fused-ring (bicyclic) bond motifs is 1. The first-order valence-electron chi connectivity index (χ1n) is 13.0. The van der Waals surface area contributed by atoms with Gasteiger partial charge in [-0.15, -0.1) is 0 Å². The first-order valence-corrected chi connectivity index (χ1v) is 13.4. The van der Waals surface area contributed by atoms with Crippen molar-refractivity contribution in [1.29, 1.82) is 0 Å². The Labute approximate surface area is 241 Å². The molecule has 0 bridgehead atoms. The van der Waals surface area contributed by atoms with Gasteiger partial charge in [0.2, 0.25) is 12.3 Å². The lowest BCUT2D eigenvalue weighted by atomic mass is 10.2. The molecule has 5 rings (SSSR count). The lowest BCUT2D eigenvalue weighted by molar-refractivity contribution is -0.125. The van der Waals surface area contributed by atoms with Crippen LogP contribution in [0.1, 0.15) is 28.9 Å². The smallest absolute Gasteiger partial charge is 0.228 e. The summed E-state index contributed by atoms with van der Waals surface area (Å²) in [6.45, 7) is 2.53. The molecule has 0 spiro atoms. The molecule has 10 nitrogen and oxygen atoms in total. The van der Waals surface area contributed by atoms with Gasteiger partial charge in [-0.25, -0.2) is 14.4 Å². The Hall–Kier alpha value is -4.35. The third kappa shape index (κ3) is 6.53. The second-order valence-electron chi connectivity index (χ2n) is 9.78. The Morgan fingerprint density at radius 1 is 1.15 bits per heavy atom. The number of carbonyl (C=O) groups excluding carboxylic acids is 2. The van der Waals surface area contributed by atoms with E-state index in [1.807, 2.05) is 47.8 Å². The average Bonchev–Trinajstić information content (AvgIpc) is 3.54. The maximum absolute atomic E-state index is 14.0. The summed E-state index contributed by atoms with van der Waals surface area (Å²) in [6, 6.07) is 12.3. The molecule has 2 amide bonds. The van der Waals surface area contributed by atoms with Crippen molar-refractivity contribution < 1.29 is 18.7 Å². The molecule has 0 aliphatic carbocycles. The molecule has 0 atom stereocenters. The number of anilines is 1. The van der Waals surface area contributed by atoms with E-state index >= 15 is 0 Å². The number of hydrogen-bond acceptors (Lipinski definition) is 8. The summed E-state index contributed by atoms with van der Waals surface area (Å²) in [5.41, 5.74) is 3.95. The number of ether oxygens (including phenoxy) is 1. The van der Waals surface area contributed by atoms with Crippen molar-refractivity contribution in [1.82, 2.24) is 29.7 Å². The number of benzene rings is 2. The molecule has 0 radical (unpaired) electrons. The maximum Gasteiger partial charge on any atom is 0.228 e. The monoisotopic (exact) mass is 577 g/mol. The molecule has 41 heavy (non-hydrogen) atoms. The number of imide groups is 1. The van der Waals surface area contributed by atoms with E-state index in [2.05, 4.69) is 20.2 Å². The fraction of sp³-hybridized carbons (Fsp3) is 0.276. The number of nitrogens with one attached hydrogen (secondary N) is 1. The minimum absolute atomic E-state index is 0.0539. The van der Waals surface area contributed by atoms with Crippen molar-refractivity contribution in [3.63, 3.8) is 0 Å². The van der Waals surface area contributed by atoms with Crippen LogP contribution in [0.3, 0.4) is 0 Å². The van der Waals surface area contributed by atoms with E-state index < -0.39 is 0 Å². The summed E-state index contributed by atoms with van der Waals surface area (Å²) in [7, 11) is 3.75. The molecule has 1 aliphatic rings. The van der Waals surface area contributed by atoms with Gasteiger partial charge in [0.1, 0.15) is 29.7 Å². The molecule has 0 fully saturated rings. The SMILES string of the molecule is CN(CCC(=O)NC=O)c1cnc(-c2cnc3c(n2)CN(Cc2ccc(OCc4c(F)cccc4Cl)cc2)C3)n1C. The summed E-state index contributed by atoms with van der Waals surface area (Å²) in [5.74, 6) is 1.40. The standard InChI is InChI=1S/C29H29ClFN7O3/c1-36(11-10-27(40)34-18-39)28-13-33-29(37(28)2)24-12-32-25-15-38(16-26(25)35-24)14-19-6-8-20(9-7-19)41-17-21-22(30)4-3-5-23(21)31/h3-9,12-13,18H,10-11,14-17H2,1-2H3,(H,34,39,40). The summed E-state index contributed by atoms with van der Waals surface area (Å²) in [6.07, 6.45) is 4.03. The van der Waals surface area contributed by atoms with Crippen molar-refractivity contribution in [3.8, 4) is 17.3 Å². The Morgan fingerprint density at radius 2 is 1.93 bits per heavy atom. The summed E-state index contributed by atoms with van der Waals surface area (Å²) in [5, 5.41) is 2.49. The number of halogens is 2. The zero-order valence-electron chi connectivity index (χ0n) is 22.7. The zero-order chi connectivity index (χ0) is 28.9. The molecule has 12 heteroatoms. The molecule has 0 saturated carbocycles. The number of aromatic nitrogens is 4. The Balaban J connectivity index is 1.18. The molecule has 0 unspecified atom stereocenters. The number of imidazole rings is 1. The van der Waals surface area contributed by atoms with E-state index in [1.54, 1.807) is 24.5 Å². The van der Waals surface area contributed by atoms with Crippen LogP contribution in [0.25, 0.3) is 11.5 Å². The van der Waals surface area contributed by atoms with Crippen LogP contribution in [0.15, 0.2) is 54.9 Å². The predicted octanol–water partition coefficient (Wildman–Crippen LogP) is 3.86. The van der Waals surface area contributed by atoms with Crippen LogP contribution in [0, 0.1) is 5.82 Å². The fourth-order valence-corrected chi connectivity index (χ4v) is 4.92. The van der Waals surface area contributed by atoms with Crippen LogP contribution < -0.4 is 15.0 Å². The van der Waals surface area contributed by atoms with Crippen LogP contribution in [0.5, 0.6) is 5.75 Å². The predicted molar refractivity (Wildman–Crippen MR) is 151 cm³/mol. The van der Waals surface area contributed by atoms with Gasteiger partial charge in [0.15, 0.2) is 5.82 Å². The molecule has 2 aromatic heterocycles. The molecule has 2 aromatic carbocycles. The topological polar surface area (TPSA) is 105 Å². The van der Waals surface area contributed by atoms with Gasteiger partial charge in [-0.05, 0) is 29.8 Å². The van der Waals surface area contributed by atoms with Gasteiger partial charge in [0.05, 0.1) is 28.8 Å². The fourth-order valence-electron chi connectivity index (χ4n) is 4.70. The van der Waals surface area contributed by atoms with E-state index in [1.165, 1.54) is 6.07 Å². The van der Waals surface area contributed by atoms with Crippen LogP contribution >= 0.6 is 11.6 Å². The first kappa shape index (κ1) is 28.2. The molecule has 1 aliphatic heterocycles. The second kappa shape index (κ2) is 12.4. The van der Waals surface area contributed by atoms with Gasteiger partial charge in [0, 0.05) is 52.3 Å². The summed E-state index contributed by atoms with van der Waals surface area (Å²) >= 11 is 6.09. The molecule has 0 saturated heterocycles. The number of nitrogens with zero attached hydrogens (tertiary/aromatic N) is 6. The summed E-state index contributed by atoms with van der Waals surface area (Å²) < 4.78 is 21.7. The molecule has 4 aromatic rings. The highest BCUT2D eigenvalue weighted by atomic mass is 35.5. The van der Waals surface area contributed by atoms with Crippen molar-refractivity contribution in [2.45, 2.75) is 32.7 Å². The molecule has 3 heterocycles. The minimum Gasteiger partial charge on any atom is -0.489 e. The Morgan fingerprint density at radius 3 is 2.68 bits per heavy atom. The molecular formula is C29H29ClFN7O3. The normalized spacial score (nSPS) is 12.7. The largest absolute Gasteiger partial charge is 0.489 e. The lowest BCUT2D eigenvalue weighted by Gasteiger charge is -2.19. The van der Waals surface area contributed by atoms with E-state index in [-0.39, 0.29) is 24.8 Å². The highest BCUT2D eigenvalue weighted by molar-refractivity contribution is 6.31. The average molecular weight is 578 g/mol. The number of amides is 2. The van der Waals surface area contributed by atoms with Gasteiger partial charge in [-0.2, -0.15) is 0 Å². The van der Waals surface area contributed by atoms with Crippen LogP contribution in [-0.2, 0) is 42.9 Å². The third-order valence-electron chi connectivity index (χ3n) is 6.93. The highest BCUT2D eigenvalue weighted by Gasteiger charge is 2.24. The van der Waals surface area contributed by atoms with Gasteiger partial charge < -0.3 is 14.2 Å². The van der Waals surface area contributed by atoms with Crippen molar-refractivity contribution in [2.75, 3.05) is 18.5 Å². The van der Waals surface area contributed by atoms with E-state index in [9.17, 15) is 14.0 Å². The van der Waals surface area contributed by atoms with Crippen LogP contribution in [0.2, 0.25) is 5.02 Å². The van der Waals surface area contributed by atoms with Crippen molar-refractivity contribution >= 4 is 29.7 Å². The Bertz CT molecular complexity index is 1540. The van der Waals surface area contributed by atoms with E-state index in [4.69, 9.17) is 21.3 Å². The second-order valence-corrected chi connectivity index (χ2v) is 10.2. The lowest BCUT2D eigenvalue weighted by Crippen LogP contribution is -2.28. The van der Waals surface area contributed by atoms with Gasteiger partial charge >= 0.3 is 0 Å². The molecule has 212 valence electrons. The quantitative estimate of drug-likeness (QED) is 0.268. The van der Waals surface area contributed by atoms with E-state index in [0.29, 0.717) is 60.4 Å². The number of carbonyl (C=O) groups is 2. The minimum atomic E-state index is -0.387. The highest BCUT2D eigenvalue weighted by Crippen LogP contribution is 2.27. The number of hydrogen-bond donors (Lipinski definition) is 1. The van der Waals surface area contributed by atoms with E-state index in [0.717, 1.165) is 22.8 Å². The first-order chi connectivity index (χ1) is 19.8. The van der Waals surface area contributed by atoms with Crippen LogP contribution in [0.4, 0.5) is 10.2 Å². The van der Waals surface area contributed by atoms with Crippen molar-refractivity contribution in [2.24, 2.45) is 7.05 Å². The van der Waals surface area contributed by atoms with Gasteiger partial charge in [-0.3, -0.25) is 24.8 Å². The zero-order valence-corrected chi connectivity index (χ0v) is 23.4. The Kier molecular flexibility index (Phi) is 8.55. The summed E-state index contributed by atoms with van der Waals surface area (Å²) in [4.78, 5) is 40.3.